The lowest BCUT2D eigenvalue weighted by atomic mass is 9.66. The molecule has 4 N–H and O–H groups in total. The first-order chi connectivity index (χ1) is 24.7. The van der Waals surface area contributed by atoms with E-state index in [0.29, 0.717) is 0 Å². The highest BCUT2D eigenvalue weighted by molar-refractivity contribution is 5.86. The number of aryl methyl sites for hydroxylation is 6. The zero-order valence-corrected chi connectivity index (χ0v) is 30.7. The van der Waals surface area contributed by atoms with Crippen LogP contribution in [0.4, 0.5) is 11.4 Å². The van der Waals surface area contributed by atoms with Gasteiger partial charge in [-0.3, -0.25) is 0 Å². The summed E-state index contributed by atoms with van der Waals surface area (Å²) in [5.41, 5.74) is 27.6. The molecule has 0 atom stereocenters. The highest BCUT2D eigenvalue weighted by Crippen LogP contribution is 2.57. The highest BCUT2D eigenvalue weighted by atomic mass is 16.5. The van der Waals surface area contributed by atoms with Crippen LogP contribution in [-0.4, -0.2) is 0 Å². The van der Waals surface area contributed by atoms with E-state index in [-0.39, 0.29) is 0 Å². The molecule has 7 rings (SSSR count). The predicted octanol–water partition coefficient (Wildman–Crippen LogP) is 11.7. The molecule has 0 spiro atoms. The monoisotopic (exact) mass is 672 g/mol. The fraction of sp³-hybridized carbons (Fsp3) is 0.234. The molecule has 4 nitrogen and oxygen atoms in total. The summed E-state index contributed by atoms with van der Waals surface area (Å²) in [4.78, 5) is 0. The van der Waals surface area contributed by atoms with Crippen molar-refractivity contribution in [2.75, 3.05) is 11.5 Å². The lowest BCUT2D eigenvalue weighted by Gasteiger charge is -2.36. The van der Waals surface area contributed by atoms with Crippen LogP contribution in [0, 0.1) is 13.8 Å². The van der Waals surface area contributed by atoms with Crippen molar-refractivity contribution in [2.45, 2.75) is 72.6 Å². The zero-order chi connectivity index (χ0) is 35.9. The number of nitrogens with two attached hydrogens (primary N) is 2. The summed E-state index contributed by atoms with van der Waals surface area (Å²) >= 11 is 0. The molecular weight excluding hydrogens is 625 g/mol. The molecule has 0 amide bonds. The largest absolute Gasteiger partial charge is 0.457 e. The first-order valence-corrected chi connectivity index (χ1v) is 18.3. The number of ether oxygens (including phenoxy) is 2. The molecule has 0 saturated heterocycles. The topological polar surface area (TPSA) is 70.5 Å². The Kier molecular flexibility index (Phi) is 9.12. The smallest absolute Gasteiger partial charge is 0.133 e. The Bertz CT molecular complexity index is 2060. The van der Waals surface area contributed by atoms with Gasteiger partial charge in [0.25, 0.3) is 0 Å². The minimum absolute atomic E-state index is 0.555. The molecule has 0 aliphatic heterocycles. The number of nitrogen functional groups attached to an aromatic ring is 2. The Labute approximate surface area is 303 Å². The van der Waals surface area contributed by atoms with Crippen LogP contribution in [0.5, 0.6) is 23.0 Å². The van der Waals surface area contributed by atoms with E-state index in [0.717, 1.165) is 71.2 Å². The number of hydrogen-bond donors (Lipinski definition) is 2. The fourth-order valence-electron chi connectivity index (χ4n) is 8.07. The van der Waals surface area contributed by atoms with E-state index < -0.39 is 5.41 Å². The second-order valence-electron chi connectivity index (χ2n) is 13.8. The van der Waals surface area contributed by atoms with Gasteiger partial charge in [-0.25, -0.2) is 0 Å². The van der Waals surface area contributed by atoms with Gasteiger partial charge >= 0.3 is 0 Å². The summed E-state index contributed by atoms with van der Waals surface area (Å²) in [6.45, 7) is 13.0. The van der Waals surface area contributed by atoms with E-state index >= 15 is 0 Å². The van der Waals surface area contributed by atoms with E-state index in [4.69, 9.17) is 20.9 Å². The molecule has 1 aliphatic carbocycles. The van der Waals surface area contributed by atoms with Crippen molar-refractivity contribution >= 4 is 11.4 Å². The van der Waals surface area contributed by atoms with Crippen molar-refractivity contribution in [3.8, 4) is 34.1 Å². The van der Waals surface area contributed by atoms with Crippen LogP contribution in [-0.2, 0) is 31.1 Å². The standard InChI is InChI=1S/C47H48N2O2/c1-7-31-25-35(26-32(8-2)45(31)50-43-21-19-37(48)23-29(43)5)47(41-17-13-11-15-39(41)40-16-12-14-18-42(40)47)36-27-33(9-3)46(34(10-4)28-36)51-44-22-20-38(49)24-30(44)6/h11-28H,7-10,48-49H2,1-6H3. The third-order valence-electron chi connectivity index (χ3n) is 10.6. The highest BCUT2D eigenvalue weighted by Gasteiger charge is 2.47. The van der Waals surface area contributed by atoms with Crippen LogP contribution in [0.1, 0.15) is 83.3 Å². The lowest BCUT2D eigenvalue weighted by molar-refractivity contribution is 0.466. The van der Waals surface area contributed by atoms with Crippen molar-refractivity contribution in [3.63, 3.8) is 0 Å². The molecule has 0 bridgehead atoms. The number of anilines is 2. The van der Waals surface area contributed by atoms with Gasteiger partial charge in [0.2, 0.25) is 0 Å². The minimum Gasteiger partial charge on any atom is -0.457 e. The summed E-state index contributed by atoms with van der Waals surface area (Å²) < 4.78 is 13.6. The van der Waals surface area contributed by atoms with Gasteiger partial charge in [-0.15, -0.1) is 0 Å². The molecule has 0 aromatic heterocycles. The van der Waals surface area contributed by atoms with Crippen LogP contribution in [0.2, 0.25) is 0 Å². The Morgan fingerprint density at radius 1 is 0.471 bits per heavy atom. The summed E-state index contributed by atoms with van der Waals surface area (Å²) in [6, 6.07) is 39.2. The Morgan fingerprint density at radius 2 is 0.824 bits per heavy atom. The second kappa shape index (κ2) is 13.7. The van der Waals surface area contributed by atoms with Crippen LogP contribution in [0.15, 0.2) is 109 Å². The molecule has 1 aliphatic rings. The summed E-state index contributed by atoms with van der Waals surface area (Å²) in [5, 5.41) is 0. The van der Waals surface area contributed by atoms with Crippen LogP contribution in [0.25, 0.3) is 11.1 Å². The molecule has 6 aromatic carbocycles. The molecule has 0 saturated carbocycles. The van der Waals surface area contributed by atoms with E-state index in [9.17, 15) is 0 Å². The first-order valence-electron chi connectivity index (χ1n) is 18.3. The number of hydrogen-bond acceptors (Lipinski definition) is 4. The maximum Gasteiger partial charge on any atom is 0.133 e. The number of fused-ring (bicyclic) bond motifs is 3. The van der Waals surface area contributed by atoms with Gasteiger partial charge in [0.15, 0.2) is 0 Å². The Hall–Kier alpha value is -5.48. The maximum atomic E-state index is 6.79. The molecule has 6 aromatic rings. The molecule has 0 heterocycles. The first kappa shape index (κ1) is 34.0. The summed E-state index contributed by atoms with van der Waals surface area (Å²) in [5.74, 6) is 3.55. The van der Waals surface area contributed by atoms with Crippen molar-refractivity contribution in [3.05, 3.63) is 165 Å². The predicted molar refractivity (Wildman–Crippen MR) is 213 cm³/mol. The third kappa shape index (κ3) is 5.73. The second-order valence-corrected chi connectivity index (χ2v) is 13.8. The Balaban J connectivity index is 1.51. The molecule has 0 unspecified atom stereocenters. The van der Waals surface area contributed by atoms with Crippen LogP contribution in [0.3, 0.4) is 0 Å². The average Bonchev–Trinajstić information content (AvgIpc) is 3.44. The maximum absolute atomic E-state index is 6.79. The molecule has 51 heavy (non-hydrogen) atoms. The third-order valence-corrected chi connectivity index (χ3v) is 10.6. The lowest BCUT2D eigenvalue weighted by Crippen LogP contribution is -2.29. The van der Waals surface area contributed by atoms with Gasteiger partial charge in [0, 0.05) is 11.4 Å². The van der Waals surface area contributed by atoms with Crippen molar-refractivity contribution < 1.29 is 9.47 Å². The summed E-state index contributed by atoms with van der Waals surface area (Å²) in [7, 11) is 0. The van der Waals surface area contributed by atoms with Crippen LogP contribution >= 0.6 is 0 Å². The van der Waals surface area contributed by atoms with E-state index in [1.54, 1.807) is 0 Å². The summed E-state index contributed by atoms with van der Waals surface area (Å²) in [6.07, 6.45) is 3.32. The average molecular weight is 673 g/mol. The molecule has 4 heteroatoms. The van der Waals surface area contributed by atoms with Gasteiger partial charge in [-0.05, 0) is 143 Å². The van der Waals surface area contributed by atoms with Crippen LogP contribution < -0.4 is 20.9 Å². The number of rotatable bonds is 10. The minimum atomic E-state index is -0.555. The van der Waals surface area contributed by atoms with Gasteiger partial charge in [0.1, 0.15) is 23.0 Å². The van der Waals surface area contributed by atoms with Gasteiger partial charge in [0.05, 0.1) is 5.41 Å². The SMILES string of the molecule is CCc1cc(C2(c3cc(CC)c(Oc4ccc(N)cc4C)c(CC)c3)c3ccccc3-c3ccccc32)cc(CC)c1Oc1ccc(N)cc1C. The fourth-order valence-corrected chi connectivity index (χ4v) is 8.07. The van der Waals surface area contributed by atoms with Crippen molar-refractivity contribution in [1.29, 1.82) is 0 Å². The number of benzene rings is 6. The van der Waals surface area contributed by atoms with E-state index in [1.807, 2.05) is 36.4 Å². The van der Waals surface area contributed by atoms with Gasteiger partial charge in [-0.1, -0.05) is 100 Å². The van der Waals surface area contributed by atoms with Crippen molar-refractivity contribution in [2.24, 2.45) is 0 Å². The van der Waals surface area contributed by atoms with E-state index in [1.165, 1.54) is 55.6 Å². The quantitative estimate of drug-likeness (QED) is 0.142. The van der Waals surface area contributed by atoms with Gasteiger partial charge < -0.3 is 20.9 Å². The molecule has 0 radical (unpaired) electrons. The van der Waals surface area contributed by atoms with Crippen molar-refractivity contribution in [1.82, 2.24) is 0 Å². The molecular formula is C47H48N2O2. The molecule has 258 valence electrons. The van der Waals surface area contributed by atoms with Gasteiger partial charge in [-0.2, -0.15) is 0 Å². The normalized spacial score (nSPS) is 12.7. The Morgan fingerprint density at radius 3 is 1.16 bits per heavy atom. The molecule has 0 fully saturated rings. The zero-order valence-electron chi connectivity index (χ0n) is 30.7. The van der Waals surface area contributed by atoms with E-state index in [2.05, 4.69) is 114 Å².